The third kappa shape index (κ3) is 10.0. The van der Waals surface area contributed by atoms with Crippen molar-refractivity contribution in [2.24, 2.45) is 5.73 Å². The highest BCUT2D eigenvalue weighted by atomic mass is 32.2. The summed E-state index contributed by atoms with van der Waals surface area (Å²) in [4.78, 5) is -0.140. The minimum atomic E-state index is -3.55. The molecular weight excluding hydrogens is 262 g/mol. The first kappa shape index (κ1) is 14.7. The predicted octanol–water partition coefficient (Wildman–Crippen LogP) is -2.26. The number of sulfonamides is 2. The second-order valence-corrected chi connectivity index (χ2v) is 6.95. The Labute approximate surface area is 94.5 Å². The van der Waals surface area contributed by atoms with E-state index in [2.05, 4.69) is 21.7 Å². The van der Waals surface area contributed by atoms with Crippen LogP contribution in [0.5, 0.6) is 0 Å². The Morgan fingerprint density at radius 3 is 2.07 bits per heavy atom. The summed E-state index contributed by atoms with van der Waals surface area (Å²) < 4.78 is 47.7. The molecule has 4 N–H and O–H groups in total. The topological polar surface area (TPSA) is 118 Å². The largest absolute Gasteiger partial charge is 0.392 e. The van der Waals surface area contributed by atoms with Gasteiger partial charge < -0.3 is 5.73 Å². The van der Waals surface area contributed by atoms with Gasteiger partial charge in [0, 0.05) is 13.1 Å². The van der Waals surface area contributed by atoms with Crippen LogP contribution in [0.3, 0.4) is 0 Å². The second kappa shape index (κ2) is 5.70. The van der Waals surface area contributed by atoms with Crippen molar-refractivity contribution in [1.29, 1.82) is 0 Å². The molecule has 0 aromatic carbocycles. The molecule has 0 aromatic heterocycles. The zero-order valence-corrected chi connectivity index (χ0v) is 10.5. The van der Waals surface area contributed by atoms with Gasteiger partial charge >= 0.3 is 0 Å². The van der Waals surface area contributed by atoms with E-state index in [1.807, 2.05) is 0 Å². The lowest BCUT2D eigenvalue weighted by Crippen LogP contribution is -2.37. The summed E-state index contributed by atoms with van der Waals surface area (Å²) >= 11 is 4.43. The first-order valence-corrected chi connectivity index (χ1v) is 7.78. The van der Waals surface area contributed by atoms with E-state index in [4.69, 9.17) is 5.73 Å². The number of hydrogen-bond donors (Lipinski definition) is 3. The van der Waals surface area contributed by atoms with E-state index in [1.54, 1.807) is 0 Å². The Morgan fingerprint density at radius 1 is 1.20 bits per heavy atom. The molecule has 0 aliphatic heterocycles. The molecule has 0 saturated heterocycles. The number of nitrogens with one attached hydrogen (secondary N) is 2. The molecule has 0 unspecified atom stereocenters. The zero-order valence-electron chi connectivity index (χ0n) is 8.06. The van der Waals surface area contributed by atoms with Gasteiger partial charge in [-0.25, -0.2) is 26.3 Å². The Morgan fingerprint density at radius 2 is 1.67 bits per heavy atom. The summed E-state index contributed by atoms with van der Waals surface area (Å²) in [6.07, 6.45) is 0.983. The number of hydrogen-bond acceptors (Lipinski definition) is 5. The van der Waals surface area contributed by atoms with Gasteiger partial charge in [0.15, 0.2) is 0 Å². The molecule has 90 valence electrons. The van der Waals surface area contributed by atoms with Crippen LogP contribution in [0.4, 0.5) is 0 Å². The van der Waals surface area contributed by atoms with Crippen molar-refractivity contribution in [2.75, 3.05) is 25.1 Å². The SMILES string of the molecule is CS(=O)(=O)NCCNS(=O)(=O)CC(N)=S. The molecule has 0 spiro atoms. The van der Waals surface area contributed by atoms with Crippen molar-refractivity contribution in [3.05, 3.63) is 0 Å². The lowest BCUT2D eigenvalue weighted by Gasteiger charge is -2.05. The normalized spacial score (nSPS) is 12.6. The van der Waals surface area contributed by atoms with Crippen LogP contribution in [0.15, 0.2) is 0 Å². The quantitative estimate of drug-likeness (QED) is 0.356. The second-order valence-electron chi connectivity index (χ2n) is 2.79. The molecule has 0 heterocycles. The van der Waals surface area contributed by atoms with Crippen LogP contribution in [0.25, 0.3) is 0 Å². The average Bonchev–Trinajstić information content (AvgIpc) is 1.93. The molecule has 0 aliphatic rings. The molecule has 0 atom stereocenters. The van der Waals surface area contributed by atoms with Gasteiger partial charge in [-0.3, -0.25) is 0 Å². The smallest absolute Gasteiger partial charge is 0.218 e. The Hall–Kier alpha value is -0.290. The average molecular weight is 275 g/mol. The highest BCUT2D eigenvalue weighted by Crippen LogP contribution is 1.83. The van der Waals surface area contributed by atoms with Crippen LogP contribution < -0.4 is 15.2 Å². The first-order valence-electron chi connectivity index (χ1n) is 3.83. The minimum Gasteiger partial charge on any atom is -0.392 e. The lowest BCUT2D eigenvalue weighted by atomic mass is 10.7. The standard InChI is InChI=1S/C5H13N3O4S3/c1-14(9,10)7-2-3-8-15(11,12)4-5(6)13/h7-8H,2-4H2,1H3,(H2,6,13). The van der Waals surface area contributed by atoms with Gasteiger partial charge in [0.05, 0.1) is 11.2 Å². The minimum absolute atomic E-state index is 0.0185. The maximum Gasteiger partial charge on any atom is 0.218 e. The Kier molecular flexibility index (Phi) is 5.59. The van der Waals surface area contributed by atoms with Gasteiger partial charge in [-0.2, -0.15) is 0 Å². The van der Waals surface area contributed by atoms with E-state index >= 15 is 0 Å². The Balaban J connectivity index is 3.92. The van der Waals surface area contributed by atoms with Gasteiger partial charge in [0.25, 0.3) is 0 Å². The van der Waals surface area contributed by atoms with Crippen LogP contribution in [0.2, 0.25) is 0 Å². The molecule has 7 nitrogen and oxygen atoms in total. The highest BCUT2D eigenvalue weighted by Gasteiger charge is 2.10. The van der Waals surface area contributed by atoms with Crippen molar-refractivity contribution in [3.8, 4) is 0 Å². The van der Waals surface area contributed by atoms with Crippen molar-refractivity contribution < 1.29 is 16.8 Å². The van der Waals surface area contributed by atoms with Gasteiger partial charge in [0.1, 0.15) is 5.75 Å². The third-order valence-electron chi connectivity index (χ3n) is 1.14. The third-order valence-corrected chi connectivity index (χ3v) is 3.53. The summed E-state index contributed by atoms with van der Waals surface area (Å²) in [5.41, 5.74) is 5.05. The van der Waals surface area contributed by atoms with Gasteiger partial charge in [-0.15, -0.1) is 0 Å². The summed E-state index contributed by atoms with van der Waals surface area (Å²) in [6.45, 7) is -0.0621. The maximum absolute atomic E-state index is 11.1. The first-order chi connectivity index (χ1) is 6.62. The summed E-state index contributed by atoms with van der Waals surface area (Å²) in [5, 5.41) is 0. The van der Waals surface area contributed by atoms with E-state index in [0.29, 0.717) is 0 Å². The van der Waals surface area contributed by atoms with Crippen molar-refractivity contribution >= 4 is 37.3 Å². The van der Waals surface area contributed by atoms with Crippen LogP contribution in [-0.2, 0) is 20.0 Å². The Bertz CT molecular complexity index is 413. The summed E-state index contributed by atoms with van der Waals surface area (Å²) in [6, 6.07) is 0. The molecule has 0 aromatic rings. The highest BCUT2D eigenvalue weighted by molar-refractivity contribution is 7.92. The van der Waals surface area contributed by atoms with E-state index in [0.717, 1.165) is 6.26 Å². The van der Waals surface area contributed by atoms with Crippen LogP contribution in [0.1, 0.15) is 0 Å². The zero-order chi connectivity index (χ0) is 12.1. The molecule has 0 radical (unpaired) electrons. The van der Waals surface area contributed by atoms with E-state index in [-0.39, 0.29) is 18.1 Å². The van der Waals surface area contributed by atoms with Gasteiger partial charge in [-0.05, 0) is 0 Å². The molecule has 0 aliphatic carbocycles. The number of thiocarbonyl (C=S) groups is 1. The summed E-state index contributed by atoms with van der Waals surface area (Å²) in [7, 11) is -6.85. The summed E-state index contributed by atoms with van der Waals surface area (Å²) in [5.74, 6) is -0.443. The van der Waals surface area contributed by atoms with Gasteiger partial charge in [0.2, 0.25) is 20.0 Å². The van der Waals surface area contributed by atoms with Crippen LogP contribution in [-0.4, -0.2) is 46.9 Å². The van der Waals surface area contributed by atoms with E-state index in [1.165, 1.54) is 0 Å². The van der Waals surface area contributed by atoms with Crippen LogP contribution >= 0.6 is 12.2 Å². The van der Waals surface area contributed by atoms with Crippen molar-refractivity contribution in [2.45, 2.75) is 0 Å². The number of nitrogens with two attached hydrogens (primary N) is 1. The molecule has 0 bridgehead atoms. The molecule has 10 heteroatoms. The predicted molar refractivity (Wildman–Crippen MR) is 61.4 cm³/mol. The fraction of sp³-hybridized carbons (Fsp3) is 0.800. The van der Waals surface area contributed by atoms with E-state index in [9.17, 15) is 16.8 Å². The fourth-order valence-electron chi connectivity index (χ4n) is 0.681. The number of rotatable bonds is 7. The molecule has 0 saturated carbocycles. The fourth-order valence-corrected chi connectivity index (χ4v) is 2.51. The molecular formula is C5H13N3O4S3. The molecule has 0 rings (SSSR count). The molecule has 0 amide bonds. The van der Waals surface area contributed by atoms with Crippen LogP contribution in [0, 0.1) is 0 Å². The van der Waals surface area contributed by atoms with Crippen molar-refractivity contribution in [1.82, 2.24) is 9.44 Å². The van der Waals surface area contributed by atoms with Crippen molar-refractivity contribution in [3.63, 3.8) is 0 Å². The lowest BCUT2D eigenvalue weighted by molar-refractivity contribution is 0.576. The van der Waals surface area contributed by atoms with Gasteiger partial charge in [-0.1, -0.05) is 12.2 Å². The monoisotopic (exact) mass is 275 g/mol. The maximum atomic E-state index is 11.1. The molecule has 0 fully saturated rings. The van der Waals surface area contributed by atoms with E-state index < -0.39 is 25.8 Å². The molecule has 15 heavy (non-hydrogen) atoms.